The van der Waals surface area contributed by atoms with Gasteiger partial charge in [-0.2, -0.15) is 4.31 Å². The number of rotatable bonds is 5. The normalized spacial score (nSPS) is 30.9. The lowest BCUT2D eigenvalue weighted by Gasteiger charge is -2.55. The number of carbonyl (C=O) groups is 1. The van der Waals surface area contributed by atoms with E-state index in [2.05, 4.69) is 4.90 Å². The molecule has 1 aromatic rings. The number of sulfonamides is 1. The van der Waals surface area contributed by atoms with Crippen LogP contribution in [0.25, 0.3) is 0 Å². The minimum absolute atomic E-state index is 0.00264. The fourth-order valence-corrected chi connectivity index (χ4v) is 7.45. The van der Waals surface area contributed by atoms with Crippen LogP contribution in [-0.4, -0.2) is 60.9 Å². The van der Waals surface area contributed by atoms with Crippen molar-refractivity contribution < 1.29 is 18.3 Å². The number of nitrogens with zero attached hydrogens (tertiary/aromatic N) is 2. The zero-order valence-electron chi connectivity index (χ0n) is 16.3. The molecule has 0 spiro atoms. The molecule has 1 N–H and O–H groups in total. The third kappa shape index (κ3) is 4.10. The Morgan fingerprint density at radius 1 is 1.21 bits per heavy atom. The molecule has 6 nitrogen and oxygen atoms in total. The van der Waals surface area contributed by atoms with Crippen molar-refractivity contribution in [2.45, 2.75) is 36.6 Å². The molecule has 3 aliphatic rings. The molecule has 0 aromatic heterocycles. The minimum atomic E-state index is -3.67. The summed E-state index contributed by atoms with van der Waals surface area (Å²) in [7, 11) is -3.67. The summed E-state index contributed by atoms with van der Waals surface area (Å²) in [4.78, 5) is 13.6. The van der Waals surface area contributed by atoms with Gasteiger partial charge in [0, 0.05) is 19.1 Å². The largest absolute Gasteiger partial charge is 0.481 e. The van der Waals surface area contributed by atoms with Gasteiger partial charge >= 0.3 is 5.97 Å². The Kier molecular flexibility index (Phi) is 6.02. The van der Waals surface area contributed by atoms with E-state index >= 15 is 0 Å². The van der Waals surface area contributed by atoms with E-state index in [9.17, 15) is 13.2 Å². The van der Waals surface area contributed by atoms with Gasteiger partial charge in [-0.05, 0) is 62.2 Å². The Labute approximate surface area is 177 Å². The molecule has 3 heterocycles. The van der Waals surface area contributed by atoms with Crippen molar-refractivity contribution >= 4 is 27.6 Å². The number of carboxylic acid groups (broad SMARTS) is 1. The van der Waals surface area contributed by atoms with E-state index in [0.29, 0.717) is 25.0 Å². The molecular formula is C21H27ClN2O4S. The molecule has 0 radical (unpaired) electrons. The van der Waals surface area contributed by atoms with E-state index in [0.717, 1.165) is 32.4 Å². The van der Waals surface area contributed by atoms with Gasteiger partial charge < -0.3 is 5.11 Å². The third-order valence-corrected chi connectivity index (χ3v) is 8.98. The first-order valence-electron chi connectivity index (χ1n) is 10.2. The van der Waals surface area contributed by atoms with Crippen LogP contribution in [0.2, 0.25) is 5.02 Å². The number of benzene rings is 1. The molecule has 0 amide bonds. The van der Waals surface area contributed by atoms with E-state index in [1.807, 2.05) is 6.08 Å². The van der Waals surface area contributed by atoms with Crippen molar-refractivity contribution in [3.05, 3.63) is 41.4 Å². The molecule has 4 atom stereocenters. The molecule has 3 saturated heterocycles. The SMILES string of the molecule is O=C(O)C/C=C/C1CCN2CCCC3CN(S(=O)(=O)c4ccccc4Cl)CC1C32. The first-order valence-corrected chi connectivity index (χ1v) is 12.1. The van der Waals surface area contributed by atoms with Crippen LogP contribution in [0.15, 0.2) is 41.3 Å². The molecule has 3 fully saturated rings. The molecule has 3 aliphatic heterocycles. The lowest BCUT2D eigenvalue weighted by molar-refractivity contribution is -0.136. The molecule has 158 valence electrons. The van der Waals surface area contributed by atoms with Crippen LogP contribution in [0.4, 0.5) is 0 Å². The van der Waals surface area contributed by atoms with Crippen LogP contribution in [0.3, 0.4) is 0 Å². The van der Waals surface area contributed by atoms with Gasteiger partial charge in [0.1, 0.15) is 4.90 Å². The average molecular weight is 439 g/mol. The molecule has 4 rings (SSSR count). The topological polar surface area (TPSA) is 77.9 Å². The number of halogens is 1. The number of piperidine rings is 3. The minimum Gasteiger partial charge on any atom is -0.481 e. The lowest BCUT2D eigenvalue weighted by Crippen LogP contribution is -2.63. The standard InChI is InChI=1S/C21H27ClN2O4S/c22-18-7-1-2-8-19(18)29(27,28)24-13-16-6-4-11-23-12-10-15(5-3-9-20(25)26)17(14-24)21(16)23/h1-3,5,7-8,15-17,21H,4,6,9-14H2,(H,25,26)/b5-3+. The number of allylic oxidation sites excluding steroid dienone is 1. The predicted molar refractivity (Wildman–Crippen MR) is 111 cm³/mol. The fraction of sp³-hybridized carbons (Fsp3) is 0.571. The molecular weight excluding hydrogens is 412 g/mol. The second kappa shape index (κ2) is 8.38. The summed E-state index contributed by atoms with van der Waals surface area (Å²) in [5.74, 6) is -0.179. The van der Waals surface area contributed by atoms with Gasteiger partial charge in [-0.3, -0.25) is 9.69 Å². The fourth-order valence-electron chi connectivity index (χ4n) is 5.42. The highest BCUT2D eigenvalue weighted by Crippen LogP contribution is 2.43. The molecule has 0 bridgehead atoms. The Morgan fingerprint density at radius 2 is 2.00 bits per heavy atom. The maximum absolute atomic E-state index is 13.4. The third-order valence-electron chi connectivity index (χ3n) is 6.65. The van der Waals surface area contributed by atoms with Crippen molar-refractivity contribution in [1.29, 1.82) is 0 Å². The maximum Gasteiger partial charge on any atom is 0.307 e. The first-order chi connectivity index (χ1) is 13.9. The summed E-state index contributed by atoms with van der Waals surface area (Å²) in [6.07, 6.45) is 6.78. The summed E-state index contributed by atoms with van der Waals surface area (Å²) >= 11 is 6.22. The number of hydrogen-bond acceptors (Lipinski definition) is 4. The number of aliphatic carboxylic acids is 1. The second-order valence-electron chi connectivity index (χ2n) is 8.32. The van der Waals surface area contributed by atoms with Crippen molar-refractivity contribution in [1.82, 2.24) is 9.21 Å². The Hall–Kier alpha value is -1.41. The smallest absolute Gasteiger partial charge is 0.307 e. The van der Waals surface area contributed by atoms with Gasteiger partial charge in [0.15, 0.2) is 0 Å². The summed E-state index contributed by atoms with van der Waals surface area (Å²) in [6.45, 7) is 3.04. The van der Waals surface area contributed by atoms with Crippen LogP contribution in [0.1, 0.15) is 25.7 Å². The van der Waals surface area contributed by atoms with E-state index in [1.165, 1.54) is 0 Å². The van der Waals surface area contributed by atoms with Crippen LogP contribution < -0.4 is 0 Å². The molecule has 0 saturated carbocycles. The summed E-state index contributed by atoms with van der Waals surface area (Å²) in [5, 5.41) is 9.20. The molecule has 1 aromatic carbocycles. The monoisotopic (exact) mass is 438 g/mol. The van der Waals surface area contributed by atoms with Gasteiger partial charge in [-0.1, -0.05) is 35.9 Å². The highest BCUT2D eigenvalue weighted by Gasteiger charge is 2.49. The van der Waals surface area contributed by atoms with Crippen LogP contribution in [0, 0.1) is 17.8 Å². The van der Waals surface area contributed by atoms with Crippen molar-refractivity contribution in [2.75, 3.05) is 26.2 Å². The quantitative estimate of drug-likeness (QED) is 0.715. The second-order valence-corrected chi connectivity index (χ2v) is 10.6. The lowest BCUT2D eigenvalue weighted by atomic mass is 9.69. The maximum atomic E-state index is 13.4. The molecule has 8 heteroatoms. The highest BCUT2D eigenvalue weighted by atomic mass is 35.5. The van der Waals surface area contributed by atoms with Gasteiger partial charge in [0.25, 0.3) is 0 Å². The van der Waals surface area contributed by atoms with Crippen molar-refractivity contribution in [3.8, 4) is 0 Å². The van der Waals surface area contributed by atoms with Crippen LogP contribution in [0.5, 0.6) is 0 Å². The molecule has 4 unspecified atom stereocenters. The average Bonchev–Trinajstić information content (AvgIpc) is 2.69. The van der Waals surface area contributed by atoms with Gasteiger partial charge in [-0.25, -0.2) is 8.42 Å². The summed E-state index contributed by atoms with van der Waals surface area (Å²) in [6, 6.07) is 6.99. The van der Waals surface area contributed by atoms with E-state index in [4.69, 9.17) is 16.7 Å². The van der Waals surface area contributed by atoms with E-state index in [-0.39, 0.29) is 28.2 Å². The zero-order valence-corrected chi connectivity index (χ0v) is 17.9. The number of hydrogen-bond donors (Lipinski definition) is 1. The Balaban J connectivity index is 1.63. The predicted octanol–water partition coefficient (Wildman–Crippen LogP) is 3.09. The van der Waals surface area contributed by atoms with E-state index < -0.39 is 16.0 Å². The zero-order chi connectivity index (χ0) is 20.6. The summed E-state index contributed by atoms with van der Waals surface area (Å²) < 4.78 is 28.4. The van der Waals surface area contributed by atoms with Gasteiger partial charge in [0.05, 0.1) is 11.4 Å². The highest BCUT2D eigenvalue weighted by molar-refractivity contribution is 7.89. The van der Waals surface area contributed by atoms with E-state index in [1.54, 1.807) is 34.6 Å². The number of carboxylic acids is 1. The van der Waals surface area contributed by atoms with Crippen LogP contribution >= 0.6 is 11.6 Å². The first kappa shape index (κ1) is 20.8. The Bertz CT molecular complexity index is 904. The summed E-state index contributed by atoms with van der Waals surface area (Å²) in [5.41, 5.74) is 0. The molecule has 29 heavy (non-hydrogen) atoms. The van der Waals surface area contributed by atoms with Crippen molar-refractivity contribution in [2.24, 2.45) is 17.8 Å². The Morgan fingerprint density at radius 3 is 2.76 bits per heavy atom. The molecule has 0 aliphatic carbocycles. The van der Waals surface area contributed by atoms with Gasteiger partial charge in [-0.15, -0.1) is 0 Å². The van der Waals surface area contributed by atoms with Crippen LogP contribution in [-0.2, 0) is 14.8 Å². The van der Waals surface area contributed by atoms with Gasteiger partial charge in [0.2, 0.25) is 10.0 Å². The van der Waals surface area contributed by atoms with Crippen molar-refractivity contribution in [3.63, 3.8) is 0 Å².